The molecule has 0 fully saturated rings. The van der Waals surface area contributed by atoms with Crippen LogP contribution in [0.3, 0.4) is 0 Å². The number of nitrogens with one attached hydrogen (secondary N) is 1. The third kappa shape index (κ3) is 4.46. The Morgan fingerprint density at radius 1 is 1.26 bits per heavy atom. The lowest BCUT2D eigenvalue weighted by atomic mass is 9.98. The fourth-order valence-corrected chi connectivity index (χ4v) is 3.56. The van der Waals surface area contributed by atoms with Crippen LogP contribution in [-0.2, 0) is 14.8 Å². The van der Waals surface area contributed by atoms with Crippen LogP contribution in [0, 0.1) is 0 Å². The van der Waals surface area contributed by atoms with Crippen LogP contribution in [0.15, 0.2) is 53.6 Å². The molecule has 0 aliphatic carbocycles. The van der Waals surface area contributed by atoms with E-state index in [1.54, 1.807) is 49.4 Å². The number of phenols is 1. The number of sulfonamides is 1. The standard InChI is InChI=1S/C19H21N3O4S/c1-3-19(24)22-18(13-7-9-16(23)10-8-13)12-17(20-22)14-5-4-6-15(11-14)21-27(2,25)26/h4-11,18,21,23H,3,12H2,1-2H3. The van der Waals surface area contributed by atoms with E-state index in [1.807, 2.05) is 6.07 Å². The number of benzene rings is 2. The number of carbonyl (C=O) groups excluding carboxylic acids is 1. The molecule has 2 N–H and O–H groups in total. The van der Waals surface area contributed by atoms with Crippen LogP contribution in [0.2, 0.25) is 0 Å². The Labute approximate surface area is 158 Å². The second-order valence-electron chi connectivity index (χ2n) is 6.41. The van der Waals surface area contributed by atoms with Crippen LogP contribution in [-0.4, -0.2) is 36.4 Å². The molecule has 0 aromatic heterocycles. The van der Waals surface area contributed by atoms with Gasteiger partial charge in [-0.2, -0.15) is 5.10 Å². The molecule has 1 heterocycles. The largest absolute Gasteiger partial charge is 0.508 e. The quantitative estimate of drug-likeness (QED) is 0.824. The number of hydrogen-bond acceptors (Lipinski definition) is 5. The first-order valence-corrected chi connectivity index (χ1v) is 10.4. The van der Waals surface area contributed by atoms with Gasteiger partial charge in [-0.25, -0.2) is 13.4 Å². The molecule has 142 valence electrons. The second-order valence-corrected chi connectivity index (χ2v) is 8.15. The van der Waals surface area contributed by atoms with Crippen molar-refractivity contribution in [1.82, 2.24) is 5.01 Å². The van der Waals surface area contributed by atoms with E-state index in [-0.39, 0.29) is 17.7 Å². The molecule has 1 unspecified atom stereocenters. The summed E-state index contributed by atoms with van der Waals surface area (Å²) in [6.45, 7) is 1.78. The molecule has 0 spiro atoms. The van der Waals surface area contributed by atoms with E-state index >= 15 is 0 Å². The fraction of sp³-hybridized carbons (Fsp3) is 0.263. The summed E-state index contributed by atoms with van der Waals surface area (Å²) < 4.78 is 25.4. The van der Waals surface area contributed by atoms with Crippen LogP contribution >= 0.6 is 0 Å². The number of hydrazone groups is 1. The van der Waals surface area contributed by atoms with E-state index in [1.165, 1.54) is 5.01 Å². The first kappa shape index (κ1) is 18.9. The Hall–Kier alpha value is -2.87. The van der Waals surface area contributed by atoms with Crippen LogP contribution in [0.4, 0.5) is 5.69 Å². The van der Waals surface area contributed by atoms with E-state index in [0.29, 0.717) is 24.2 Å². The first-order valence-electron chi connectivity index (χ1n) is 8.53. The highest BCUT2D eigenvalue weighted by atomic mass is 32.2. The summed E-state index contributed by atoms with van der Waals surface area (Å²) >= 11 is 0. The summed E-state index contributed by atoms with van der Waals surface area (Å²) in [7, 11) is -3.38. The molecule has 3 rings (SSSR count). The minimum Gasteiger partial charge on any atom is -0.508 e. The Morgan fingerprint density at radius 3 is 2.59 bits per heavy atom. The number of amides is 1. The van der Waals surface area contributed by atoms with Crippen LogP contribution in [0.25, 0.3) is 0 Å². The maximum Gasteiger partial charge on any atom is 0.242 e. The monoisotopic (exact) mass is 387 g/mol. The highest BCUT2D eigenvalue weighted by Crippen LogP contribution is 2.34. The van der Waals surface area contributed by atoms with Gasteiger partial charge in [0.15, 0.2) is 0 Å². The van der Waals surface area contributed by atoms with Gasteiger partial charge in [0.2, 0.25) is 15.9 Å². The molecule has 0 bridgehead atoms. The Bertz CT molecular complexity index is 984. The van der Waals surface area contributed by atoms with E-state index in [4.69, 9.17) is 0 Å². The zero-order chi connectivity index (χ0) is 19.6. The molecule has 0 saturated heterocycles. The van der Waals surface area contributed by atoms with Gasteiger partial charge < -0.3 is 5.11 Å². The Balaban J connectivity index is 1.93. The van der Waals surface area contributed by atoms with Crippen molar-refractivity contribution < 1.29 is 18.3 Å². The lowest BCUT2D eigenvalue weighted by Gasteiger charge is -2.21. The minimum atomic E-state index is -3.38. The molecule has 2 aromatic rings. The van der Waals surface area contributed by atoms with E-state index in [9.17, 15) is 18.3 Å². The van der Waals surface area contributed by atoms with Crippen molar-refractivity contribution in [3.63, 3.8) is 0 Å². The van der Waals surface area contributed by atoms with Crippen molar-refractivity contribution in [2.45, 2.75) is 25.8 Å². The predicted octanol–water partition coefficient (Wildman–Crippen LogP) is 2.85. The topological polar surface area (TPSA) is 99.1 Å². The average Bonchev–Trinajstić information content (AvgIpc) is 3.06. The number of aromatic hydroxyl groups is 1. The summed E-state index contributed by atoms with van der Waals surface area (Å²) in [5.41, 5.74) is 2.77. The number of phenolic OH excluding ortho intramolecular Hbond substituents is 1. The lowest BCUT2D eigenvalue weighted by molar-refractivity contribution is -0.132. The highest BCUT2D eigenvalue weighted by Gasteiger charge is 2.32. The molecular weight excluding hydrogens is 366 g/mol. The summed E-state index contributed by atoms with van der Waals surface area (Å²) in [6.07, 6.45) is 1.91. The van der Waals surface area contributed by atoms with Gasteiger partial charge in [0.05, 0.1) is 18.0 Å². The second kappa shape index (κ2) is 7.40. The Morgan fingerprint density at radius 2 is 1.96 bits per heavy atom. The van der Waals surface area contributed by atoms with Gasteiger partial charge >= 0.3 is 0 Å². The van der Waals surface area contributed by atoms with Crippen molar-refractivity contribution in [2.24, 2.45) is 5.10 Å². The van der Waals surface area contributed by atoms with E-state index in [0.717, 1.165) is 17.4 Å². The zero-order valence-electron chi connectivity index (χ0n) is 15.1. The smallest absolute Gasteiger partial charge is 0.242 e. The van der Waals surface area contributed by atoms with Crippen molar-refractivity contribution in [2.75, 3.05) is 11.0 Å². The average molecular weight is 387 g/mol. The van der Waals surface area contributed by atoms with E-state index in [2.05, 4.69) is 9.82 Å². The predicted molar refractivity (Wildman–Crippen MR) is 104 cm³/mol. The maximum absolute atomic E-state index is 12.4. The fourth-order valence-electron chi connectivity index (χ4n) is 3.01. The number of carbonyl (C=O) groups is 1. The van der Waals surface area contributed by atoms with Crippen LogP contribution < -0.4 is 4.72 Å². The maximum atomic E-state index is 12.4. The normalized spacial score (nSPS) is 16.9. The molecular formula is C19H21N3O4S. The van der Waals surface area contributed by atoms with Crippen molar-refractivity contribution in [3.8, 4) is 5.75 Å². The number of nitrogens with zero attached hydrogens (tertiary/aromatic N) is 2. The minimum absolute atomic E-state index is 0.103. The molecule has 1 aliphatic heterocycles. The SMILES string of the molecule is CCC(=O)N1N=C(c2cccc(NS(C)(=O)=O)c2)CC1c1ccc(O)cc1. The summed E-state index contributed by atoms with van der Waals surface area (Å²) in [4.78, 5) is 12.4. The molecule has 2 aromatic carbocycles. The number of rotatable bonds is 5. The number of hydrogen-bond donors (Lipinski definition) is 2. The molecule has 8 heteroatoms. The summed E-state index contributed by atoms with van der Waals surface area (Å²) in [5.74, 6) is 0.0549. The summed E-state index contributed by atoms with van der Waals surface area (Å²) in [5, 5.41) is 15.5. The Kier molecular flexibility index (Phi) is 5.18. The lowest BCUT2D eigenvalue weighted by Crippen LogP contribution is -2.26. The highest BCUT2D eigenvalue weighted by molar-refractivity contribution is 7.92. The van der Waals surface area contributed by atoms with Gasteiger partial charge in [-0.05, 0) is 35.4 Å². The van der Waals surface area contributed by atoms with Crippen LogP contribution in [0.5, 0.6) is 5.75 Å². The third-order valence-electron chi connectivity index (χ3n) is 4.25. The zero-order valence-corrected chi connectivity index (χ0v) is 15.9. The molecule has 1 amide bonds. The molecule has 7 nitrogen and oxygen atoms in total. The van der Waals surface area contributed by atoms with Crippen LogP contribution in [0.1, 0.15) is 36.9 Å². The van der Waals surface area contributed by atoms with Crippen molar-refractivity contribution >= 4 is 27.3 Å². The van der Waals surface area contributed by atoms with Crippen molar-refractivity contribution in [1.29, 1.82) is 0 Å². The van der Waals surface area contributed by atoms with Gasteiger partial charge in [-0.15, -0.1) is 0 Å². The first-order chi connectivity index (χ1) is 12.8. The van der Waals surface area contributed by atoms with Gasteiger partial charge in [0.25, 0.3) is 0 Å². The summed E-state index contributed by atoms with van der Waals surface area (Å²) in [6, 6.07) is 13.4. The van der Waals surface area contributed by atoms with Crippen molar-refractivity contribution in [3.05, 3.63) is 59.7 Å². The van der Waals surface area contributed by atoms with Gasteiger partial charge in [-0.1, -0.05) is 31.2 Å². The molecule has 27 heavy (non-hydrogen) atoms. The number of anilines is 1. The molecule has 0 radical (unpaired) electrons. The van der Waals surface area contributed by atoms with Gasteiger partial charge in [0, 0.05) is 18.5 Å². The van der Waals surface area contributed by atoms with Gasteiger partial charge in [-0.3, -0.25) is 9.52 Å². The third-order valence-corrected chi connectivity index (χ3v) is 4.85. The van der Waals surface area contributed by atoms with E-state index < -0.39 is 10.0 Å². The molecule has 1 atom stereocenters. The molecule has 1 aliphatic rings. The van der Waals surface area contributed by atoms with Gasteiger partial charge in [0.1, 0.15) is 5.75 Å². The molecule has 0 saturated carbocycles.